The van der Waals surface area contributed by atoms with E-state index in [9.17, 15) is 14.4 Å². The molecule has 8 heteroatoms. The summed E-state index contributed by atoms with van der Waals surface area (Å²) in [5.41, 5.74) is 1.93. The molecule has 0 atom stereocenters. The third-order valence-electron chi connectivity index (χ3n) is 4.35. The summed E-state index contributed by atoms with van der Waals surface area (Å²) in [6.07, 6.45) is 2.14. The van der Waals surface area contributed by atoms with Gasteiger partial charge < -0.3 is 9.88 Å². The predicted octanol–water partition coefficient (Wildman–Crippen LogP) is 0.101. The van der Waals surface area contributed by atoms with Crippen molar-refractivity contribution in [1.82, 2.24) is 24.0 Å². The van der Waals surface area contributed by atoms with Crippen LogP contribution >= 0.6 is 0 Å². The summed E-state index contributed by atoms with van der Waals surface area (Å²) in [6.45, 7) is 2.50. The second-order valence-corrected chi connectivity index (χ2v) is 6.34. The maximum absolute atomic E-state index is 12.4. The van der Waals surface area contributed by atoms with Crippen LogP contribution in [-0.2, 0) is 31.9 Å². The van der Waals surface area contributed by atoms with Crippen molar-refractivity contribution in [2.75, 3.05) is 6.54 Å². The molecule has 1 N–H and O–H groups in total. The van der Waals surface area contributed by atoms with E-state index in [1.54, 1.807) is 7.05 Å². The highest BCUT2D eigenvalue weighted by atomic mass is 16.2. The van der Waals surface area contributed by atoms with Crippen molar-refractivity contribution in [1.29, 1.82) is 0 Å². The molecule has 1 amide bonds. The zero-order valence-corrected chi connectivity index (χ0v) is 15.0. The minimum Gasteiger partial charge on any atom is -0.354 e. The summed E-state index contributed by atoms with van der Waals surface area (Å²) < 4.78 is 3.78. The Hall–Kier alpha value is -3.16. The van der Waals surface area contributed by atoms with Crippen LogP contribution in [0.4, 0.5) is 0 Å². The van der Waals surface area contributed by atoms with Crippen LogP contribution in [0.2, 0.25) is 0 Å². The lowest BCUT2D eigenvalue weighted by Crippen LogP contribution is -2.38. The second kappa shape index (κ2) is 6.99. The van der Waals surface area contributed by atoms with Gasteiger partial charge in [0.25, 0.3) is 5.56 Å². The van der Waals surface area contributed by atoms with Crippen LogP contribution < -0.4 is 16.6 Å². The molecule has 0 aliphatic heterocycles. The Bertz CT molecular complexity index is 1090. The smallest absolute Gasteiger partial charge is 0.332 e. The Morgan fingerprint density at radius 2 is 1.96 bits per heavy atom. The van der Waals surface area contributed by atoms with Crippen LogP contribution in [0.1, 0.15) is 11.1 Å². The molecule has 0 radical (unpaired) electrons. The fraction of sp³-hybridized carbons (Fsp3) is 0.333. The third-order valence-corrected chi connectivity index (χ3v) is 4.35. The van der Waals surface area contributed by atoms with Crippen LogP contribution in [0.15, 0.2) is 40.2 Å². The summed E-state index contributed by atoms with van der Waals surface area (Å²) >= 11 is 0. The Labute approximate surface area is 149 Å². The number of aromatic nitrogens is 4. The first-order valence-corrected chi connectivity index (χ1v) is 8.31. The van der Waals surface area contributed by atoms with Crippen molar-refractivity contribution < 1.29 is 4.79 Å². The number of aryl methyl sites for hydroxylation is 2. The standard InChI is InChI=1S/C18H21N5O3/c1-12-5-4-6-13(9-12)7-8-19-14(24)10-23-11-20-16-15(23)17(25)22(3)18(26)21(16)2/h4-6,9,11H,7-8,10H2,1-3H3,(H,19,24). The van der Waals surface area contributed by atoms with E-state index in [1.807, 2.05) is 25.1 Å². The second-order valence-electron chi connectivity index (χ2n) is 6.34. The molecule has 8 nitrogen and oxygen atoms in total. The van der Waals surface area contributed by atoms with Crippen LogP contribution in [0.25, 0.3) is 11.2 Å². The van der Waals surface area contributed by atoms with Gasteiger partial charge in [-0.2, -0.15) is 0 Å². The molecule has 26 heavy (non-hydrogen) atoms. The molecule has 3 rings (SSSR count). The number of imidazole rings is 1. The summed E-state index contributed by atoms with van der Waals surface area (Å²) in [5.74, 6) is -0.215. The van der Waals surface area contributed by atoms with Gasteiger partial charge in [0.1, 0.15) is 6.54 Å². The lowest BCUT2D eigenvalue weighted by molar-refractivity contribution is -0.121. The number of nitrogens with zero attached hydrogens (tertiary/aromatic N) is 4. The van der Waals surface area contributed by atoms with Gasteiger partial charge in [-0.15, -0.1) is 0 Å². The van der Waals surface area contributed by atoms with E-state index in [4.69, 9.17) is 0 Å². The largest absolute Gasteiger partial charge is 0.354 e. The Balaban J connectivity index is 1.72. The highest BCUT2D eigenvalue weighted by molar-refractivity contribution is 5.78. The Kier molecular flexibility index (Phi) is 4.75. The highest BCUT2D eigenvalue weighted by Gasteiger charge is 2.15. The number of benzene rings is 1. The number of fused-ring (bicyclic) bond motifs is 1. The van der Waals surface area contributed by atoms with Crippen LogP contribution in [0, 0.1) is 6.92 Å². The molecule has 1 aromatic carbocycles. The molecule has 0 saturated carbocycles. The number of carbonyl (C=O) groups excluding carboxylic acids is 1. The molecule has 0 unspecified atom stereocenters. The predicted molar refractivity (Wildman–Crippen MR) is 98.1 cm³/mol. The van der Waals surface area contributed by atoms with Gasteiger partial charge >= 0.3 is 5.69 Å². The average Bonchev–Trinajstić information content (AvgIpc) is 3.02. The topological polar surface area (TPSA) is 90.9 Å². The maximum atomic E-state index is 12.4. The zero-order chi connectivity index (χ0) is 18.8. The Morgan fingerprint density at radius 1 is 1.19 bits per heavy atom. The zero-order valence-electron chi connectivity index (χ0n) is 15.0. The molecule has 0 fully saturated rings. The molecule has 0 spiro atoms. The van der Waals surface area contributed by atoms with Crippen LogP contribution in [0.3, 0.4) is 0 Å². The van der Waals surface area contributed by atoms with Gasteiger partial charge in [0.05, 0.1) is 6.33 Å². The molecule has 3 aromatic rings. The molecule has 0 saturated heterocycles. The monoisotopic (exact) mass is 355 g/mol. The van der Waals surface area contributed by atoms with Crippen molar-refractivity contribution in [3.8, 4) is 0 Å². The molecule has 2 heterocycles. The minimum atomic E-state index is -0.465. The van der Waals surface area contributed by atoms with Crippen LogP contribution in [0.5, 0.6) is 0 Å². The Morgan fingerprint density at radius 3 is 2.69 bits per heavy atom. The van der Waals surface area contributed by atoms with Crippen molar-refractivity contribution in [3.05, 3.63) is 62.6 Å². The molecule has 2 aromatic heterocycles. The highest BCUT2D eigenvalue weighted by Crippen LogP contribution is 2.06. The van der Waals surface area contributed by atoms with Gasteiger partial charge in [-0.25, -0.2) is 9.78 Å². The van der Waals surface area contributed by atoms with Crippen LogP contribution in [-0.4, -0.2) is 31.1 Å². The third kappa shape index (κ3) is 3.30. The van der Waals surface area contributed by atoms with Gasteiger partial charge in [-0.1, -0.05) is 29.8 Å². The van der Waals surface area contributed by atoms with E-state index in [1.165, 1.54) is 28.1 Å². The number of carbonyl (C=O) groups is 1. The summed E-state index contributed by atoms with van der Waals surface area (Å²) in [4.78, 5) is 40.6. The average molecular weight is 355 g/mol. The molecular weight excluding hydrogens is 334 g/mol. The summed E-state index contributed by atoms with van der Waals surface area (Å²) in [6, 6.07) is 8.12. The van der Waals surface area contributed by atoms with Gasteiger partial charge in [-0.05, 0) is 18.9 Å². The first kappa shape index (κ1) is 17.7. The fourth-order valence-electron chi connectivity index (χ4n) is 2.94. The molecule has 0 aliphatic rings. The first-order chi connectivity index (χ1) is 12.4. The normalized spacial score (nSPS) is 11.0. The molecular formula is C18H21N5O3. The number of amides is 1. The van der Waals surface area contributed by atoms with Crippen molar-refractivity contribution in [2.24, 2.45) is 14.1 Å². The van der Waals surface area contributed by atoms with Gasteiger partial charge in [0.2, 0.25) is 5.91 Å². The number of rotatable bonds is 5. The number of nitrogens with one attached hydrogen (secondary N) is 1. The minimum absolute atomic E-state index is 0.0300. The van der Waals surface area contributed by atoms with Crippen molar-refractivity contribution in [2.45, 2.75) is 19.9 Å². The van der Waals surface area contributed by atoms with E-state index >= 15 is 0 Å². The van der Waals surface area contributed by atoms with E-state index in [0.29, 0.717) is 6.54 Å². The SMILES string of the molecule is Cc1cccc(CCNC(=O)Cn2cnc3c2c(=O)n(C)c(=O)n3C)c1. The molecule has 0 aliphatic carbocycles. The first-order valence-electron chi connectivity index (χ1n) is 8.31. The van der Waals surface area contributed by atoms with Gasteiger partial charge in [0.15, 0.2) is 11.2 Å². The van der Waals surface area contributed by atoms with Gasteiger partial charge in [0, 0.05) is 20.6 Å². The maximum Gasteiger partial charge on any atom is 0.332 e. The van der Waals surface area contributed by atoms with E-state index in [0.717, 1.165) is 16.6 Å². The van der Waals surface area contributed by atoms with Crippen molar-refractivity contribution in [3.63, 3.8) is 0 Å². The molecule has 0 bridgehead atoms. The van der Waals surface area contributed by atoms with Gasteiger partial charge in [-0.3, -0.25) is 18.7 Å². The number of hydrogen-bond acceptors (Lipinski definition) is 4. The van der Waals surface area contributed by atoms with E-state index < -0.39 is 11.2 Å². The van der Waals surface area contributed by atoms with E-state index in [-0.39, 0.29) is 23.6 Å². The lowest BCUT2D eigenvalue weighted by atomic mass is 10.1. The summed E-state index contributed by atoms with van der Waals surface area (Å²) in [7, 11) is 2.95. The molecule has 136 valence electrons. The quantitative estimate of drug-likeness (QED) is 0.703. The number of hydrogen-bond donors (Lipinski definition) is 1. The fourth-order valence-corrected chi connectivity index (χ4v) is 2.94. The summed E-state index contributed by atoms with van der Waals surface area (Å²) in [5, 5.41) is 2.85. The van der Waals surface area contributed by atoms with E-state index in [2.05, 4.69) is 16.4 Å². The van der Waals surface area contributed by atoms with Crippen molar-refractivity contribution >= 4 is 17.1 Å². The lowest BCUT2D eigenvalue weighted by Gasteiger charge is -2.08.